The Balaban J connectivity index is 1.58. The molecule has 0 N–H and O–H groups in total. The molecule has 2 heterocycles. The number of imide groups is 1. The number of benzene rings is 2. The van der Waals surface area contributed by atoms with Crippen LogP contribution >= 0.6 is 0 Å². The summed E-state index contributed by atoms with van der Waals surface area (Å²) >= 11 is 0. The van der Waals surface area contributed by atoms with Crippen LogP contribution in [0.2, 0.25) is 0 Å². The fraction of sp³-hybridized carbons (Fsp3) is 0.269. The Kier molecular flexibility index (Phi) is 6.75. The summed E-state index contributed by atoms with van der Waals surface area (Å²) in [6, 6.07) is 15.5. The second-order valence-corrected chi connectivity index (χ2v) is 8.71. The molecule has 0 aliphatic carbocycles. The summed E-state index contributed by atoms with van der Waals surface area (Å²) in [5, 5.41) is 14.3. The third-order valence-corrected chi connectivity index (χ3v) is 5.68. The minimum atomic E-state index is -0.604. The molecule has 0 unspecified atom stereocenters. The van der Waals surface area contributed by atoms with Gasteiger partial charge in [0.2, 0.25) is 0 Å². The van der Waals surface area contributed by atoms with E-state index in [1.807, 2.05) is 17.7 Å². The van der Waals surface area contributed by atoms with Gasteiger partial charge in [-0.05, 0) is 42.7 Å². The highest BCUT2D eigenvalue weighted by Gasteiger charge is 2.37. The van der Waals surface area contributed by atoms with Crippen LogP contribution in [0.25, 0.3) is 0 Å². The molecule has 9 nitrogen and oxygen atoms in total. The average molecular weight is 472 g/mol. The van der Waals surface area contributed by atoms with Crippen molar-refractivity contribution >= 4 is 23.4 Å². The van der Waals surface area contributed by atoms with E-state index in [0.717, 1.165) is 11.3 Å². The lowest BCUT2D eigenvalue weighted by Crippen LogP contribution is -2.38. The van der Waals surface area contributed by atoms with Crippen molar-refractivity contribution < 1.29 is 19.2 Å². The first kappa shape index (κ1) is 23.9. The molecule has 0 bridgehead atoms. The fourth-order valence-electron chi connectivity index (χ4n) is 3.94. The van der Waals surface area contributed by atoms with Crippen LogP contribution in [0.5, 0.6) is 0 Å². The number of carbonyl (C=O) groups is 3. The van der Waals surface area contributed by atoms with Crippen LogP contribution in [-0.4, -0.2) is 39.2 Å². The van der Waals surface area contributed by atoms with Crippen LogP contribution < -0.4 is 4.90 Å². The van der Waals surface area contributed by atoms with Crippen molar-refractivity contribution in [3.63, 3.8) is 0 Å². The standard InChI is InChI=1S/C26H25N5O4/c1-17(2)14-30-18(3)23(13-28-30)29(15-20-8-6-7-19(11-20)12-27)24(32)16-35-31-25(33)21-9-4-5-10-22(21)26(31)34/h4-11,13,17H,14-16H2,1-3H3. The summed E-state index contributed by atoms with van der Waals surface area (Å²) in [5.41, 5.74) is 3.08. The summed E-state index contributed by atoms with van der Waals surface area (Å²) < 4.78 is 1.83. The molecular weight excluding hydrogens is 446 g/mol. The van der Waals surface area contributed by atoms with Crippen molar-refractivity contribution in [1.29, 1.82) is 5.26 Å². The molecule has 0 spiro atoms. The number of rotatable bonds is 8. The predicted molar refractivity (Wildman–Crippen MR) is 127 cm³/mol. The lowest BCUT2D eigenvalue weighted by Gasteiger charge is -2.24. The summed E-state index contributed by atoms with van der Waals surface area (Å²) in [6.07, 6.45) is 1.62. The van der Waals surface area contributed by atoms with Gasteiger partial charge in [-0.3, -0.25) is 23.9 Å². The van der Waals surface area contributed by atoms with E-state index in [4.69, 9.17) is 4.84 Å². The molecule has 1 aromatic heterocycles. The molecule has 35 heavy (non-hydrogen) atoms. The minimum Gasteiger partial charge on any atom is -0.303 e. The molecular formula is C26H25N5O4. The van der Waals surface area contributed by atoms with Crippen LogP contribution in [0, 0.1) is 24.2 Å². The molecule has 0 fully saturated rings. The monoisotopic (exact) mass is 471 g/mol. The van der Waals surface area contributed by atoms with Crippen LogP contribution in [0.3, 0.4) is 0 Å². The molecule has 0 saturated heterocycles. The Hall–Kier alpha value is -4.29. The van der Waals surface area contributed by atoms with Gasteiger partial charge in [-0.2, -0.15) is 10.4 Å². The maximum atomic E-state index is 13.4. The van der Waals surface area contributed by atoms with Crippen LogP contribution in [0.4, 0.5) is 5.69 Å². The molecule has 0 atom stereocenters. The maximum absolute atomic E-state index is 13.4. The van der Waals surface area contributed by atoms with Gasteiger partial charge in [-0.15, -0.1) is 5.06 Å². The highest BCUT2D eigenvalue weighted by atomic mass is 16.7. The number of nitrogens with zero attached hydrogens (tertiary/aromatic N) is 5. The topological polar surface area (TPSA) is 109 Å². The van der Waals surface area contributed by atoms with Crippen molar-refractivity contribution in [3.8, 4) is 6.07 Å². The molecule has 4 rings (SSSR count). The third kappa shape index (κ3) is 4.83. The van der Waals surface area contributed by atoms with Gasteiger partial charge in [0.25, 0.3) is 17.7 Å². The molecule has 3 amide bonds. The Bertz CT molecular complexity index is 1300. The van der Waals surface area contributed by atoms with Crippen LogP contribution in [0.15, 0.2) is 54.7 Å². The second kappa shape index (κ2) is 9.91. The van der Waals surface area contributed by atoms with Crippen molar-refractivity contribution in [1.82, 2.24) is 14.8 Å². The Labute approximate surface area is 203 Å². The molecule has 1 aliphatic rings. The van der Waals surface area contributed by atoms with E-state index < -0.39 is 24.3 Å². The van der Waals surface area contributed by atoms with Gasteiger partial charge >= 0.3 is 0 Å². The van der Waals surface area contributed by atoms with Crippen LogP contribution in [0.1, 0.15) is 51.4 Å². The van der Waals surface area contributed by atoms with E-state index >= 15 is 0 Å². The van der Waals surface area contributed by atoms with E-state index in [1.165, 1.54) is 4.90 Å². The summed E-state index contributed by atoms with van der Waals surface area (Å²) in [4.78, 5) is 45.5. The highest BCUT2D eigenvalue weighted by molar-refractivity contribution is 6.20. The third-order valence-electron chi connectivity index (χ3n) is 5.68. The lowest BCUT2D eigenvalue weighted by molar-refractivity contribution is -0.137. The minimum absolute atomic E-state index is 0.161. The van der Waals surface area contributed by atoms with Crippen molar-refractivity contribution in [3.05, 3.63) is 82.7 Å². The summed E-state index contributed by atoms with van der Waals surface area (Å²) in [6.45, 7) is 6.34. The Morgan fingerprint density at radius 2 is 1.80 bits per heavy atom. The molecule has 3 aromatic rings. The van der Waals surface area contributed by atoms with Crippen molar-refractivity contribution in [2.45, 2.75) is 33.9 Å². The number of anilines is 1. The number of carbonyl (C=O) groups excluding carboxylic acids is 3. The first-order chi connectivity index (χ1) is 16.8. The molecule has 2 aromatic carbocycles. The summed E-state index contributed by atoms with van der Waals surface area (Å²) in [7, 11) is 0. The van der Waals surface area contributed by atoms with Gasteiger partial charge in [0, 0.05) is 6.54 Å². The Morgan fingerprint density at radius 3 is 2.43 bits per heavy atom. The normalized spacial score (nSPS) is 12.7. The quantitative estimate of drug-likeness (QED) is 0.466. The van der Waals surface area contributed by atoms with Gasteiger partial charge in [0.1, 0.15) is 0 Å². The zero-order valence-electron chi connectivity index (χ0n) is 19.8. The number of aromatic nitrogens is 2. The zero-order chi connectivity index (χ0) is 25.1. The van der Waals surface area contributed by atoms with E-state index in [2.05, 4.69) is 25.0 Å². The van der Waals surface area contributed by atoms with Crippen molar-refractivity contribution in [2.75, 3.05) is 11.5 Å². The summed E-state index contributed by atoms with van der Waals surface area (Å²) in [5.74, 6) is -1.31. The first-order valence-corrected chi connectivity index (χ1v) is 11.2. The smallest absolute Gasteiger partial charge is 0.285 e. The molecule has 9 heteroatoms. The fourth-order valence-corrected chi connectivity index (χ4v) is 3.94. The van der Waals surface area contributed by atoms with Gasteiger partial charge < -0.3 is 4.90 Å². The first-order valence-electron chi connectivity index (χ1n) is 11.2. The van der Waals surface area contributed by atoms with Gasteiger partial charge in [-0.1, -0.05) is 38.1 Å². The van der Waals surface area contributed by atoms with E-state index in [-0.39, 0.29) is 17.7 Å². The van der Waals surface area contributed by atoms with Crippen LogP contribution in [-0.2, 0) is 22.7 Å². The SMILES string of the molecule is Cc1c(N(Cc2cccc(C#N)c2)C(=O)CON2C(=O)c3ccccc3C2=O)cnn1CC(C)C. The lowest BCUT2D eigenvalue weighted by atomic mass is 10.1. The maximum Gasteiger partial charge on any atom is 0.285 e. The number of amides is 3. The van der Waals surface area contributed by atoms with Gasteiger partial charge in [0.15, 0.2) is 6.61 Å². The average Bonchev–Trinajstić information content (AvgIpc) is 3.32. The number of nitriles is 1. The number of fused-ring (bicyclic) bond motifs is 1. The van der Waals surface area contributed by atoms with E-state index in [0.29, 0.717) is 28.8 Å². The molecule has 1 aliphatic heterocycles. The largest absolute Gasteiger partial charge is 0.303 e. The Morgan fingerprint density at radius 1 is 1.11 bits per heavy atom. The second-order valence-electron chi connectivity index (χ2n) is 8.71. The van der Waals surface area contributed by atoms with Gasteiger partial charge in [-0.25, -0.2) is 0 Å². The van der Waals surface area contributed by atoms with Crippen molar-refractivity contribution in [2.24, 2.45) is 5.92 Å². The predicted octanol–water partition coefficient (Wildman–Crippen LogP) is 3.48. The van der Waals surface area contributed by atoms with Gasteiger partial charge in [0.05, 0.1) is 46.9 Å². The van der Waals surface area contributed by atoms with E-state index in [9.17, 15) is 19.6 Å². The zero-order valence-corrected chi connectivity index (χ0v) is 19.8. The number of hydrogen-bond acceptors (Lipinski definition) is 6. The molecule has 0 saturated carbocycles. The highest BCUT2D eigenvalue weighted by Crippen LogP contribution is 2.25. The number of hydrogen-bond donors (Lipinski definition) is 0. The number of hydroxylamine groups is 2. The molecule has 178 valence electrons. The van der Waals surface area contributed by atoms with E-state index in [1.54, 1.807) is 48.7 Å². The molecule has 0 radical (unpaired) electrons.